The third-order valence-electron chi connectivity index (χ3n) is 2.41. The van der Waals surface area contributed by atoms with Crippen LogP contribution in [0, 0.1) is 5.92 Å². The first-order chi connectivity index (χ1) is 10.0. The Morgan fingerprint density at radius 2 is 1.73 bits per heavy atom. The lowest BCUT2D eigenvalue weighted by atomic mass is 10.0. The predicted octanol–water partition coefficient (Wildman–Crippen LogP) is 1.61. The van der Waals surface area contributed by atoms with Crippen molar-refractivity contribution in [2.45, 2.75) is 59.6 Å². The van der Waals surface area contributed by atoms with Crippen molar-refractivity contribution in [2.24, 2.45) is 5.92 Å². The van der Waals surface area contributed by atoms with E-state index in [4.69, 9.17) is 9.47 Å². The average molecular weight is 316 g/mol. The number of esters is 1. The number of alkyl carbamates (subject to hydrolysis) is 1. The van der Waals surface area contributed by atoms with Crippen LogP contribution < -0.4 is 10.6 Å². The van der Waals surface area contributed by atoms with Gasteiger partial charge in [-0.1, -0.05) is 13.8 Å². The van der Waals surface area contributed by atoms with Gasteiger partial charge in [-0.05, 0) is 40.0 Å². The van der Waals surface area contributed by atoms with Crippen molar-refractivity contribution >= 4 is 18.0 Å². The molecule has 0 aliphatic carbocycles. The van der Waals surface area contributed by atoms with Gasteiger partial charge < -0.3 is 20.1 Å². The first kappa shape index (κ1) is 20.2. The van der Waals surface area contributed by atoms with Gasteiger partial charge in [0.1, 0.15) is 18.2 Å². The number of nitrogens with one attached hydrogen (secondary N) is 2. The van der Waals surface area contributed by atoms with Crippen molar-refractivity contribution in [3.05, 3.63) is 0 Å². The van der Waals surface area contributed by atoms with Gasteiger partial charge in [-0.15, -0.1) is 0 Å². The highest BCUT2D eigenvalue weighted by Gasteiger charge is 2.23. The van der Waals surface area contributed by atoms with Gasteiger partial charge in [-0.25, -0.2) is 9.59 Å². The lowest BCUT2D eigenvalue weighted by Gasteiger charge is -2.21. The van der Waals surface area contributed by atoms with E-state index in [0.717, 1.165) is 0 Å². The first-order valence-electron chi connectivity index (χ1n) is 7.48. The summed E-state index contributed by atoms with van der Waals surface area (Å²) in [5.74, 6) is -0.722. The van der Waals surface area contributed by atoms with E-state index < -0.39 is 29.6 Å². The summed E-state index contributed by atoms with van der Waals surface area (Å²) in [5, 5.41) is 4.91. The highest BCUT2D eigenvalue weighted by atomic mass is 16.6. The van der Waals surface area contributed by atoms with E-state index in [-0.39, 0.29) is 19.1 Å². The molecular formula is C15H28N2O5. The normalized spacial score (nSPS) is 12.5. The van der Waals surface area contributed by atoms with E-state index in [1.807, 2.05) is 13.8 Å². The molecule has 0 aliphatic heterocycles. The third kappa shape index (κ3) is 10.0. The SMILES string of the molecule is CCOC(=O)[C@H](CC(C)C)NC(=O)CNC(=O)OC(C)(C)C. The molecule has 0 rings (SSSR count). The van der Waals surface area contributed by atoms with Crippen LogP contribution in [0.15, 0.2) is 0 Å². The zero-order chi connectivity index (χ0) is 17.3. The smallest absolute Gasteiger partial charge is 0.408 e. The van der Waals surface area contributed by atoms with Gasteiger partial charge in [0.2, 0.25) is 5.91 Å². The zero-order valence-electron chi connectivity index (χ0n) is 14.3. The summed E-state index contributed by atoms with van der Waals surface area (Å²) in [6.45, 7) is 10.8. The van der Waals surface area contributed by atoms with Crippen LogP contribution in [0.2, 0.25) is 0 Å². The molecule has 0 fully saturated rings. The molecule has 1 atom stereocenters. The van der Waals surface area contributed by atoms with E-state index in [1.54, 1.807) is 27.7 Å². The van der Waals surface area contributed by atoms with E-state index in [1.165, 1.54) is 0 Å². The van der Waals surface area contributed by atoms with E-state index in [0.29, 0.717) is 6.42 Å². The van der Waals surface area contributed by atoms with Crippen LogP contribution in [-0.2, 0) is 19.1 Å². The maximum atomic E-state index is 11.8. The van der Waals surface area contributed by atoms with Gasteiger partial charge in [0.05, 0.1) is 6.61 Å². The summed E-state index contributed by atoms with van der Waals surface area (Å²) >= 11 is 0. The topological polar surface area (TPSA) is 93.7 Å². The second-order valence-corrected chi connectivity index (χ2v) is 6.36. The molecule has 0 radical (unpaired) electrons. The molecule has 128 valence electrons. The predicted molar refractivity (Wildman–Crippen MR) is 82.3 cm³/mol. The Balaban J connectivity index is 4.39. The maximum absolute atomic E-state index is 11.8. The lowest BCUT2D eigenvalue weighted by Crippen LogP contribution is -2.47. The molecule has 7 nitrogen and oxygen atoms in total. The molecule has 0 aromatic rings. The van der Waals surface area contributed by atoms with Crippen LogP contribution >= 0.6 is 0 Å². The molecule has 0 saturated heterocycles. The standard InChI is InChI=1S/C15H28N2O5/c1-7-21-13(19)11(8-10(2)3)17-12(18)9-16-14(20)22-15(4,5)6/h10-11H,7-9H2,1-6H3,(H,16,20)(H,17,18)/t11-/m0/s1. The average Bonchev–Trinajstić information content (AvgIpc) is 2.33. The summed E-state index contributed by atoms with van der Waals surface area (Å²) in [7, 11) is 0. The van der Waals surface area contributed by atoms with Crippen molar-refractivity contribution in [1.29, 1.82) is 0 Å². The monoisotopic (exact) mass is 316 g/mol. The number of carbonyl (C=O) groups is 3. The zero-order valence-corrected chi connectivity index (χ0v) is 14.3. The molecule has 0 bridgehead atoms. The minimum absolute atomic E-state index is 0.216. The van der Waals surface area contributed by atoms with Crippen LogP contribution in [0.25, 0.3) is 0 Å². The number of hydrogen-bond donors (Lipinski definition) is 2. The highest BCUT2D eigenvalue weighted by molar-refractivity contribution is 5.87. The van der Waals surface area contributed by atoms with Crippen molar-refractivity contribution < 1.29 is 23.9 Å². The number of ether oxygens (including phenoxy) is 2. The van der Waals surface area contributed by atoms with E-state index in [2.05, 4.69) is 10.6 Å². The fraction of sp³-hybridized carbons (Fsp3) is 0.800. The molecule has 7 heteroatoms. The number of amides is 2. The summed E-state index contributed by atoms with van der Waals surface area (Å²) in [6.07, 6.45) is -0.212. The fourth-order valence-electron chi connectivity index (χ4n) is 1.64. The molecule has 0 heterocycles. The Morgan fingerprint density at radius 1 is 1.14 bits per heavy atom. The summed E-state index contributed by atoms with van der Waals surface area (Å²) < 4.78 is 9.95. The van der Waals surface area contributed by atoms with Crippen molar-refractivity contribution in [3.8, 4) is 0 Å². The second-order valence-electron chi connectivity index (χ2n) is 6.36. The van der Waals surface area contributed by atoms with Crippen LogP contribution in [-0.4, -0.2) is 42.8 Å². The molecule has 0 saturated carbocycles. The van der Waals surface area contributed by atoms with Gasteiger partial charge in [0.25, 0.3) is 0 Å². The van der Waals surface area contributed by atoms with Gasteiger partial charge in [-0.2, -0.15) is 0 Å². The first-order valence-corrected chi connectivity index (χ1v) is 7.48. The minimum atomic E-state index is -0.715. The van der Waals surface area contributed by atoms with Crippen molar-refractivity contribution in [2.75, 3.05) is 13.2 Å². The fourth-order valence-corrected chi connectivity index (χ4v) is 1.64. The van der Waals surface area contributed by atoms with Crippen LogP contribution in [0.3, 0.4) is 0 Å². The van der Waals surface area contributed by atoms with Crippen LogP contribution in [0.1, 0.15) is 48.0 Å². The van der Waals surface area contributed by atoms with Crippen molar-refractivity contribution in [1.82, 2.24) is 10.6 Å². The number of rotatable bonds is 7. The van der Waals surface area contributed by atoms with Crippen molar-refractivity contribution in [3.63, 3.8) is 0 Å². The Kier molecular flexibility index (Phi) is 8.52. The molecule has 2 N–H and O–H groups in total. The minimum Gasteiger partial charge on any atom is -0.464 e. The van der Waals surface area contributed by atoms with Crippen LogP contribution in [0.5, 0.6) is 0 Å². The Labute approximate surface area is 132 Å². The highest BCUT2D eigenvalue weighted by Crippen LogP contribution is 2.07. The number of carbonyl (C=O) groups excluding carboxylic acids is 3. The maximum Gasteiger partial charge on any atom is 0.408 e. The second kappa shape index (κ2) is 9.27. The van der Waals surface area contributed by atoms with Gasteiger partial charge in [0.15, 0.2) is 0 Å². The summed E-state index contributed by atoms with van der Waals surface area (Å²) in [4.78, 5) is 35.1. The molecule has 0 spiro atoms. The molecule has 0 aliphatic rings. The van der Waals surface area contributed by atoms with E-state index in [9.17, 15) is 14.4 Å². The lowest BCUT2D eigenvalue weighted by molar-refractivity contribution is -0.147. The molecular weight excluding hydrogens is 288 g/mol. The van der Waals surface area contributed by atoms with Gasteiger partial charge >= 0.3 is 12.1 Å². The molecule has 2 amide bonds. The summed E-state index contributed by atoms with van der Waals surface area (Å²) in [6, 6.07) is -0.715. The molecule has 0 aromatic carbocycles. The molecule has 0 aromatic heterocycles. The Morgan fingerprint density at radius 3 is 2.18 bits per heavy atom. The third-order valence-corrected chi connectivity index (χ3v) is 2.41. The Hall–Kier alpha value is -1.79. The van der Waals surface area contributed by atoms with Crippen LogP contribution in [0.4, 0.5) is 4.79 Å². The van der Waals surface area contributed by atoms with Gasteiger partial charge in [-0.3, -0.25) is 4.79 Å². The number of hydrogen-bond acceptors (Lipinski definition) is 5. The Bertz CT molecular complexity index is 388. The largest absolute Gasteiger partial charge is 0.464 e. The quantitative estimate of drug-likeness (QED) is 0.696. The van der Waals surface area contributed by atoms with E-state index >= 15 is 0 Å². The molecule has 0 unspecified atom stereocenters. The van der Waals surface area contributed by atoms with Gasteiger partial charge in [0, 0.05) is 0 Å². The molecule has 22 heavy (non-hydrogen) atoms. The summed E-state index contributed by atoms with van der Waals surface area (Å²) in [5.41, 5.74) is -0.633.